The van der Waals surface area contributed by atoms with Crippen molar-refractivity contribution in [3.8, 4) is 0 Å². The van der Waals surface area contributed by atoms with E-state index in [9.17, 15) is 18.0 Å². The molecule has 0 unspecified atom stereocenters. The molecule has 7 nitrogen and oxygen atoms in total. The Balaban J connectivity index is 2.07. The summed E-state index contributed by atoms with van der Waals surface area (Å²) < 4.78 is 26.5. The quantitative estimate of drug-likeness (QED) is 0.478. The van der Waals surface area contributed by atoms with Crippen LogP contribution in [0.25, 0.3) is 6.08 Å². The van der Waals surface area contributed by atoms with E-state index in [-0.39, 0.29) is 10.5 Å². The minimum absolute atomic E-state index is 0.00145. The SMILES string of the molecule is CCN(CC)S(=O)(=O)c1cccc(C(=O)NNC(=O)/C=C/c2c(Cl)cccc2Cl)c1. The van der Waals surface area contributed by atoms with Gasteiger partial charge in [0.05, 0.1) is 4.90 Å². The van der Waals surface area contributed by atoms with Gasteiger partial charge < -0.3 is 0 Å². The van der Waals surface area contributed by atoms with E-state index in [1.165, 1.54) is 34.6 Å². The number of benzene rings is 2. The molecule has 2 amide bonds. The average molecular weight is 470 g/mol. The van der Waals surface area contributed by atoms with Crippen LogP contribution in [0.3, 0.4) is 0 Å². The van der Waals surface area contributed by atoms with Crippen LogP contribution in [0, 0.1) is 0 Å². The number of hydrogen-bond donors (Lipinski definition) is 2. The van der Waals surface area contributed by atoms with E-state index in [1.807, 2.05) is 0 Å². The summed E-state index contributed by atoms with van der Waals surface area (Å²) in [6.45, 7) is 4.09. The van der Waals surface area contributed by atoms with Crippen LogP contribution in [0.1, 0.15) is 29.8 Å². The summed E-state index contributed by atoms with van der Waals surface area (Å²) in [6.07, 6.45) is 2.58. The van der Waals surface area contributed by atoms with Crippen LogP contribution < -0.4 is 10.9 Å². The Labute approximate surface area is 185 Å². The number of nitrogens with one attached hydrogen (secondary N) is 2. The molecule has 0 spiro atoms. The van der Waals surface area contributed by atoms with Crippen molar-refractivity contribution < 1.29 is 18.0 Å². The first-order chi connectivity index (χ1) is 14.2. The van der Waals surface area contributed by atoms with E-state index in [0.29, 0.717) is 28.7 Å². The van der Waals surface area contributed by atoms with Crippen LogP contribution in [0.2, 0.25) is 10.0 Å². The topological polar surface area (TPSA) is 95.6 Å². The summed E-state index contributed by atoms with van der Waals surface area (Å²) in [5, 5.41) is 0.753. The molecule has 0 saturated carbocycles. The molecule has 2 aromatic rings. The van der Waals surface area contributed by atoms with Gasteiger partial charge in [-0.3, -0.25) is 20.4 Å². The lowest BCUT2D eigenvalue weighted by Gasteiger charge is -2.18. The maximum absolute atomic E-state index is 12.6. The van der Waals surface area contributed by atoms with E-state index in [4.69, 9.17) is 23.2 Å². The Kier molecular flexibility index (Phi) is 8.43. The number of hydrazine groups is 1. The molecule has 0 bridgehead atoms. The number of sulfonamides is 1. The second kappa shape index (κ2) is 10.6. The van der Waals surface area contributed by atoms with Gasteiger partial charge in [0, 0.05) is 40.3 Å². The third-order valence-electron chi connectivity index (χ3n) is 4.14. The first kappa shape index (κ1) is 23.9. The first-order valence-corrected chi connectivity index (χ1v) is 11.2. The molecule has 0 atom stereocenters. The molecule has 0 aliphatic carbocycles. The van der Waals surface area contributed by atoms with E-state index in [1.54, 1.807) is 32.0 Å². The predicted octanol–water partition coefficient (Wildman–Crippen LogP) is 3.50. The molecular weight excluding hydrogens is 449 g/mol. The van der Waals surface area contributed by atoms with Crippen LogP contribution >= 0.6 is 23.2 Å². The number of halogens is 2. The Morgan fingerprint density at radius 2 is 1.60 bits per heavy atom. The van der Waals surface area contributed by atoms with E-state index < -0.39 is 21.8 Å². The Morgan fingerprint density at radius 1 is 1.00 bits per heavy atom. The highest BCUT2D eigenvalue weighted by Crippen LogP contribution is 2.25. The van der Waals surface area contributed by atoms with Gasteiger partial charge in [-0.2, -0.15) is 4.31 Å². The second-order valence-corrected chi connectivity index (χ2v) is 8.78. The largest absolute Gasteiger partial charge is 0.269 e. The Morgan fingerprint density at radius 3 is 2.20 bits per heavy atom. The maximum Gasteiger partial charge on any atom is 0.269 e. The molecule has 0 saturated heterocycles. The molecule has 0 heterocycles. The number of rotatable bonds is 7. The van der Waals surface area contributed by atoms with Crippen molar-refractivity contribution in [3.63, 3.8) is 0 Å². The molecule has 0 aromatic heterocycles. The van der Waals surface area contributed by atoms with Crippen LogP contribution in [0.4, 0.5) is 0 Å². The predicted molar refractivity (Wildman–Crippen MR) is 118 cm³/mol. The average Bonchev–Trinajstić information content (AvgIpc) is 2.72. The number of hydrogen-bond acceptors (Lipinski definition) is 4. The zero-order chi connectivity index (χ0) is 22.3. The lowest BCUT2D eigenvalue weighted by molar-refractivity contribution is -0.117. The van der Waals surface area contributed by atoms with Crippen LogP contribution in [0.5, 0.6) is 0 Å². The van der Waals surface area contributed by atoms with Gasteiger partial charge in [0.15, 0.2) is 0 Å². The van der Waals surface area contributed by atoms with Gasteiger partial charge in [-0.1, -0.05) is 49.2 Å². The fraction of sp³-hybridized carbons (Fsp3) is 0.200. The summed E-state index contributed by atoms with van der Waals surface area (Å²) in [6, 6.07) is 10.5. The van der Waals surface area contributed by atoms with Gasteiger partial charge in [0.1, 0.15) is 0 Å². The van der Waals surface area contributed by atoms with E-state index >= 15 is 0 Å². The lowest BCUT2D eigenvalue weighted by atomic mass is 10.2. The van der Waals surface area contributed by atoms with Crippen molar-refractivity contribution in [2.24, 2.45) is 0 Å². The van der Waals surface area contributed by atoms with E-state index in [2.05, 4.69) is 10.9 Å². The van der Waals surface area contributed by atoms with Gasteiger partial charge >= 0.3 is 0 Å². The maximum atomic E-state index is 12.6. The number of carbonyl (C=O) groups excluding carboxylic acids is 2. The summed E-state index contributed by atoms with van der Waals surface area (Å²) in [7, 11) is -3.71. The monoisotopic (exact) mass is 469 g/mol. The molecule has 0 fully saturated rings. The molecule has 2 N–H and O–H groups in total. The summed E-state index contributed by atoms with van der Waals surface area (Å²) >= 11 is 12.1. The highest BCUT2D eigenvalue weighted by Gasteiger charge is 2.22. The zero-order valence-electron chi connectivity index (χ0n) is 16.4. The Bertz CT molecular complexity index is 1050. The van der Waals surface area contributed by atoms with Crippen molar-refractivity contribution in [1.82, 2.24) is 15.2 Å². The lowest BCUT2D eigenvalue weighted by Crippen LogP contribution is -2.40. The zero-order valence-corrected chi connectivity index (χ0v) is 18.7. The van der Waals surface area contributed by atoms with Crippen LogP contribution in [0.15, 0.2) is 53.4 Å². The number of carbonyl (C=O) groups is 2. The first-order valence-electron chi connectivity index (χ1n) is 9.03. The summed E-state index contributed by atoms with van der Waals surface area (Å²) in [5.74, 6) is -1.28. The smallest absolute Gasteiger partial charge is 0.268 e. The number of nitrogens with zero attached hydrogens (tertiary/aromatic N) is 1. The van der Waals surface area contributed by atoms with Crippen molar-refractivity contribution in [1.29, 1.82) is 0 Å². The van der Waals surface area contributed by atoms with Crippen molar-refractivity contribution in [2.45, 2.75) is 18.7 Å². The van der Waals surface area contributed by atoms with Crippen molar-refractivity contribution >= 4 is 51.1 Å². The van der Waals surface area contributed by atoms with Crippen molar-refractivity contribution in [2.75, 3.05) is 13.1 Å². The molecule has 0 aliphatic heterocycles. The van der Waals surface area contributed by atoms with Gasteiger partial charge in [0.25, 0.3) is 11.8 Å². The Hall–Kier alpha value is -2.39. The highest BCUT2D eigenvalue weighted by molar-refractivity contribution is 7.89. The molecule has 30 heavy (non-hydrogen) atoms. The van der Waals surface area contributed by atoms with Gasteiger partial charge in [-0.25, -0.2) is 8.42 Å². The molecule has 160 valence electrons. The molecule has 10 heteroatoms. The minimum Gasteiger partial charge on any atom is -0.268 e. The molecule has 0 aliphatic rings. The number of amides is 2. The molecule has 2 rings (SSSR count). The van der Waals surface area contributed by atoms with Crippen molar-refractivity contribution in [3.05, 3.63) is 69.7 Å². The van der Waals surface area contributed by atoms with Crippen LogP contribution in [-0.2, 0) is 14.8 Å². The third kappa shape index (κ3) is 5.82. The highest BCUT2D eigenvalue weighted by atomic mass is 35.5. The van der Waals surface area contributed by atoms with Gasteiger partial charge in [-0.05, 0) is 36.4 Å². The normalized spacial score (nSPS) is 11.6. The third-order valence-corrected chi connectivity index (χ3v) is 6.84. The molecular formula is C20H21Cl2N3O4S. The van der Waals surface area contributed by atoms with Gasteiger partial charge in [0.2, 0.25) is 10.0 Å². The summed E-state index contributed by atoms with van der Waals surface area (Å²) in [5.41, 5.74) is 5.01. The molecule has 2 aromatic carbocycles. The molecule has 0 radical (unpaired) electrons. The standard InChI is InChI=1S/C20H21Cl2N3O4S/c1-3-25(4-2)30(28,29)15-8-5-7-14(13-15)20(27)24-23-19(26)12-11-16-17(21)9-6-10-18(16)22/h5-13H,3-4H2,1-2H3,(H,23,26)(H,24,27)/b12-11+. The van der Waals surface area contributed by atoms with E-state index in [0.717, 1.165) is 6.08 Å². The fourth-order valence-corrected chi connectivity index (χ4v) is 4.60. The summed E-state index contributed by atoms with van der Waals surface area (Å²) in [4.78, 5) is 24.3. The fourth-order valence-electron chi connectivity index (χ4n) is 2.57. The minimum atomic E-state index is -3.71. The van der Waals surface area contributed by atoms with Crippen LogP contribution in [-0.4, -0.2) is 37.6 Å². The second-order valence-electron chi connectivity index (χ2n) is 6.03. The van der Waals surface area contributed by atoms with Gasteiger partial charge in [-0.15, -0.1) is 0 Å².